The molecule has 0 fully saturated rings. The molecule has 1 heterocycles. The summed E-state index contributed by atoms with van der Waals surface area (Å²) in [7, 11) is 0. The molecule has 0 bridgehead atoms. The van der Waals surface area contributed by atoms with Gasteiger partial charge in [-0.05, 0) is 23.3 Å². The summed E-state index contributed by atoms with van der Waals surface area (Å²) in [4.78, 5) is 15.6. The van der Waals surface area contributed by atoms with Crippen molar-refractivity contribution in [2.24, 2.45) is 0 Å². The molecule has 3 aromatic rings. The maximum Gasteiger partial charge on any atom is 0.246 e. The molecule has 0 radical (unpaired) electrons. The molecule has 1 N–H and O–H groups in total. The van der Waals surface area contributed by atoms with Gasteiger partial charge in [-0.2, -0.15) is 5.10 Å². The zero-order valence-corrected chi connectivity index (χ0v) is 11.3. The minimum atomic E-state index is -0.132. The molecule has 1 aromatic heterocycles. The van der Waals surface area contributed by atoms with Crippen molar-refractivity contribution in [3.63, 3.8) is 0 Å². The first-order chi connectivity index (χ1) is 10.3. The van der Waals surface area contributed by atoms with E-state index in [1.807, 2.05) is 42.5 Å². The average Bonchev–Trinajstić information content (AvgIpc) is 3.02. The van der Waals surface area contributed by atoms with Crippen molar-refractivity contribution in [3.8, 4) is 11.1 Å². The highest BCUT2D eigenvalue weighted by Crippen LogP contribution is 2.20. The molecule has 0 aliphatic carbocycles. The molecule has 0 saturated heterocycles. The Balaban J connectivity index is 1.66. The molecular formula is C16H14N4O. The van der Waals surface area contributed by atoms with Crippen LogP contribution >= 0.6 is 0 Å². The first-order valence-electron chi connectivity index (χ1n) is 6.59. The third-order valence-electron chi connectivity index (χ3n) is 3.05. The summed E-state index contributed by atoms with van der Waals surface area (Å²) in [6.07, 6.45) is 2.92. The topological polar surface area (TPSA) is 59.8 Å². The second-order valence-electron chi connectivity index (χ2n) is 4.58. The Hall–Kier alpha value is -2.95. The van der Waals surface area contributed by atoms with Crippen LogP contribution in [0.2, 0.25) is 0 Å². The van der Waals surface area contributed by atoms with Crippen LogP contribution in [-0.4, -0.2) is 20.7 Å². The number of rotatable bonds is 4. The van der Waals surface area contributed by atoms with Crippen LogP contribution in [0.5, 0.6) is 0 Å². The maximum atomic E-state index is 11.8. The zero-order chi connectivity index (χ0) is 14.5. The summed E-state index contributed by atoms with van der Waals surface area (Å²) < 4.78 is 1.48. The highest BCUT2D eigenvalue weighted by atomic mass is 16.2. The molecule has 3 rings (SSSR count). The van der Waals surface area contributed by atoms with Crippen LogP contribution in [-0.2, 0) is 11.3 Å². The van der Waals surface area contributed by atoms with Crippen molar-refractivity contribution >= 4 is 11.6 Å². The lowest BCUT2D eigenvalue weighted by atomic mass is 10.1. The van der Waals surface area contributed by atoms with E-state index in [4.69, 9.17) is 0 Å². The van der Waals surface area contributed by atoms with Gasteiger partial charge in [0.05, 0.1) is 0 Å². The van der Waals surface area contributed by atoms with Crippen molar-refractivity contribution in [2.75, 3.05) is 5.32 Å². The number of hydrogen-bond donors (Lipinski definition) is 1. The summed E-state index contributed by atoms with van der Waals surface area (Å²) in [5, 5.41) is 6.73. The van der Waals surface area contributed by atoms with Crippen LogP contribution in [0.15, 0.2) is 67.3 Å². The summed E-state index contributed by atoms with van der Waals surface area (Å²) in [5.74, 6) is -0.132. The molecule has 0 atom stereocenters. The van der Waals surface area contributed by atoms with E-state index >= 15 is 0 Å². The number of anilines is 1. The van der Waals surface area contributed by atoms with E-state index in [0.717, 1.165) is 16.8 Å². The standard InChI is InChI=1S/C16H14N4O/c21-16(10-20-12-17-11-18-20)19-15-8-6-14(7-9-15)13-4-2-1-3-5-13/h1-9,11-12H,10H2,(H,19,21). The van der Waals surface area contributed by atoms with E-state index in [9.17, 15) is 4.79 Å². The number of aromatic nitrogens is 3. The predicted molar refractivity (Wildman–Crippen MR) is 80.5 cm³/mol. The monoisotopic (exact) mass is 278 g/mol. The average molecular weight is 278 g/mol. The van der Waals surface area contributed by atoms with Gasteiger partial charge in [0.15, 0.2) is 0 Å². The lowest BCUT2D eigenvalue weighted by Gasteiger charge is -2.06. The Kier molecular flexibility index (Phi) is 3.73. The van der Waals surface area contributed by atoms with Crippen LogP contribution in [0.3, 0.4) is 0 Å². The summed E-state index contributed by atoms with van der Waals surface area (Å²) in [5.41, 5.74) is 3.03. The molecule has 0 aliphatic rings. The van der Waals surface area contributed by atoms with E-state index in [-0.39, 0.29) is 12.5 Å². The largest absolute Gasteiger partial charge is 0.324 e. The maximum absolute atomic E-state index is 11.8. The summed E-state index contributed by atoms with van der Waals surface area (Å²) in [6.45, 7) is 0.153. The quantitative estimate of drug-likeness (QED) is 0.798. The number of nitrogens with one attached hydrogen (secondary N) is 1. The van der Waals surface area contributed by atoms with E-state index in [0.29, 0.717) is 0 Å². The second-order valence-corrected chi connectivity index (χ2v) is 4.58. The van der Waals surface area contributed by atoms with Crippen molar-refractivity contribution in [3.05, 3.63) is 67.3 Å². The van der Waals surface area contributed by atoms with Crippen molar-refractivity contribution in [1.29, 1.82) is 0 Å². The molecular weight excluding hydrogens is 264 g/mol. The van der Waals surface area contributed by atoms with Gasteiger partial charge in [-0.3, -0.25) is 4.79 Å². The Morgan fingerprint density at radius 2 is 1.71 bits per heavy atom. The molecule has 0 unspecified atom stereocenters. The highest BCUT2D eigenvalue weighted by Gasteiger charge is 2.04. The molecule has 0 saturated carbocycles. The number of hydrogen-bond acceptors (Lipinski definition) is 3. The van der Waals surface area contributed by atoms with Crippen LogP contribution < -0.4 is 5.32 Å². The van der Waals surface area contributed by atoms with Crippen LogP contribution in [0, 0.1) is 0 Å². The Morgan fingerprint density at radius 1 is 1.00 bits per heavy atom. The number of carbonyl (C=O) groups excluding carboxylic acids is 1. The molecule has 104 valence electrons. The molecule has 0 aliphatic heterocycles. The Labute approximate surface area is 122 Å². The van der Waals surface area contributed by atoms with Gasteiger partial charge >= 0.3 is 0 Å². The fraction of sp³-hybridized carbons (Fsp3) is 0.0625. The smallest absolute Gasteiger partial charge is 0.246 e. The van der Waals surface area contributed by atoms with E-state index in [1.165, 1.54) is 17.3 Å². The summed E-state index contributed by atoms with van der Waals surface area (Å²) in [6, 6.07) is 17.9. The van der Waals surface area contributed by atoms with E-state index in [1.54, 1.807) is 0 Å². The lowest BCUT2D eigenvalue weighted by Crippen LogP contribution is -2.18. The van der Waals surface area contributed by atoms with Crippen molar-refractivity contribution in [2.45, 2.75) is 6.54 Å². The van der Waals surface area contributed by atoms with Crippen LogP contribution in [0.25, 0.3) is 11.1 Å². The fourth-order valence-corrected chi connectivity index (χ4v) is 2.04. The predicted octanol–water partition coefficient (Wildman–Crippen LogP) is 2.58. The number of amides is 1. The SMILES string of the molecule is O=C(Cn1cncn1)Nc1ccc(-c2ccccc2)cc1. The highest BCUT2D eigenvalue weighted by molar-refractivity contribution is 5.90. The Bertz CT molecular complexity index is 706. The first kappa shape index (κ1) is 13.1. The molecule has 5 nitrogen and oxygen atoms in total. The third kappa shape index (κ3) is 3.33. The van der Waals surface area contributed by atoms with Gasteiger partial charge in [-0.25, -0.2) is 9.67 Å². The fourth-order valence-electron chi connectivity index (χ4n) is 2.04. The van der Waals surface area contributed by atoms with Gasteiger partial charge in [0.2, 0.25) is 5.91 Å². The van der Waals surface area contributed by atoms with Crippen molar-refractivity contribution in [1.82, 2.24) is 14.8 Å². The zero-order valence-electron chi connectivity index (χ0n) is 11.3. The first-order valence-corrected chi connectivity index (χ1v) is 6.59. The second kappa shape index (κ2) is 6.00. The van der Waals surface area contributed by atoms with Gasteiger partial charge in [0.1, 0.15) is 19.2 Å². The normalized spacial score (nSPS) is 10.3. The van der Waals surface area contributed by atoms with Gasteiger partial charge < -0.3 is 5.32 Å². The molecule has 2 aromatic carbocycles. The number of carbonyl (C=O) groups is 1. The molecule has 1 amide bonds. The summed E-state index contributed by atoms with van der Waals surface area (Å²) >= 11 is 0. The number of nitrogens with zero attached hydrogens (tertiary/aromatic N) is 3. The van der Waals surface area contributed by atoms with Gasteiger partial charge in [0.25, 0.3) is 0 Å². The minimum Gasteiger partial charge on any atom is -0.324 e. The lowest BCUT2D eigenvalue weighted by molar-refractivity contribution is -0.116. The molecule has 5 heteroatoms. The minimum absolute atomic E-state index is 0.132. The number of benzene rings is 2. The third-order valence-corrected chi connectivity index (χ3v) is 3.05. The van der Waals surface area contributed by atoms with Crippen LogP contribution in [0.1, 0.15) is 0 Å². The Morgan fingerprint density at radius 3 is 2.38 bits per heavy atom. The molecule has 21 heavy (non-hydrogen) atoms. The van der Waals surface area contributed by atoms with Gasteiger partial charge in [-0.1, -0.05) is 42.5 Å². The molecule has 0 spiro atoms. The van der Waals surface area contributed by atoms with E-state index < -0.39 is 0 Å². The van der Waals surface area contributed by atoms with Gasteiger partial charge in [0, 0.05) is 5.69 Å². The van der Waals surface area contributed by atoms with Gasteiger partial charge in [-0.15, -0.1) is 0 Å². The van der Waals surface area contributed by atoms with E-state index in [2.05, 4.69) is 27.5 Å². The van der Waals surface area contributed by atoms with Crippen LogP contribution in [0.4, 0.5) is 5.69 Å². The van der Waals surface area contributed by atoms with Crippen molar-refractivity contribution < 1.29 is 4.79 Å².